The lowest BCUT2D eigenvalue weighted by molar-refractivity contribution is 0.0363. The molecular weight excluding hydrogens is 257 g/mol. The molecule has 0 heterocycles. The molecule has 114 valence electrons. The van der Waals surface area contributed by atoms with Crippen molar-refractivity contribution in [1.29, 1.82) is 0 Å². The fourth-order valence-corrected chi connectivity index (χ4v) is 2.39. The molecule has 0 aliphatic carbocycles. The Bertz CT molecular complexity index is 432. The van der Waals surface area contributed by atoms with Crippen LogP contribution in [-0.2, 0) is 0 Å². The van der Waals surface area contributed by atoms with E-state index in [2.05, 4.69) is 19.2 Å². The summed E-state index contributed by atoms with van der Waals surface area (Å²) in [6.45, 7) is 8.40. The number of nitrogens with one attached hydrogen (secondary N) is 1. The van der Waals surface area contributed by atoms with E-state index in [9.17, 15) is 9.50 Å². The Labute approximate surface area is 121 Å². The molecule has 0 saturated heterocycles. The van der Waals surface area contributed by atoms with Crippen LogP contribution in [0.25, 0.3) is 0 Å². The molecule has 2 unspecified atom stereocenters. The van der Waals surface area contributed by atoms with E-state index in [1.54, 1.807) is 6.07 Å². The first-order chi connectivity index (χ1) is 9.25. The third kappa shape index (κ3) is 5.10. The normalized spacial score (nSPS) is 16.0. The highest BCUT2D eigenvalue weighted by atomic mass is 19.1. The van der Waals surface area contributed by atoms with Crippen molar-refractivity contribution in [1.82, 2.24) is 5.32 Å². The first-order valence-electron chi connectivity index (χ1n) is 7.04. The van der Waals surface area contributed by atoms with Crippen molar-refractivity contribution < 1.29 is 14.2 Å². The van der Waals surface area contributed by atoms with Gasteiger partial charge in [0.2, 0.25) is 0 Å². The highest BCUT2D eigenvalue weighted by Gasteiger charge is 2.22. The lowest BCUT2D eigenvalue weighted by Gasteiger charge is -2.27. The first kappa shape index (κ1) is 16.9. The van der Waals surface area contributed by atoms with Gasteiger partial charge in [0.05, 0.1) is 12.7 Å². The van der Waals surface area contributed by atoms with Gasteiger partial charge in [-0.15, -0.1) is 0 Å². The summed E-state index contributed by atoms with van der Waals surface area (Å²) >= 11 is 0. The van der Waals surface area contributed by atoms with Crippen LogP contribution in [0.2, 0.25) is 0 Å². The number of benzene rings is 1. The highest BCUT2D eigenvalue weighted by Crippen LogP contribution is 2.22. The second-order valence-electron chi connectivity index (χ2n) is 6.09. The van der Waals surface area contributed by atoms with Crippen LogP contribution in [0.1, 0.15) is 45.7 Å². The van der Waals surface area contributed by atoms with Crippen molar-refractivity contribution in [2.24, 2.45) is 5.92 Å². The van der Waals surface area contributed by atoms with Gasteiger partial charge in [0.15, 0.2) is 11.6 Å². The van der Waals surface area contributed by atoms with Crippen molar-refractivity contribution in [3.8, 4) is 5.75 Å². The molecule has 0 aromatic heterocycles. The molecule has 2 atom stereocenters. The van der Waals surface area contributed by atoms with Crippen molar-refractivity contribution >= 4 is 0 Å². The van der Waals surface area contributed by atoms with E-state index in [-0.39, 0.29) is 17.6 Å². The van der Waals surface area contributed by atoms with Crippen LogP contribution in [0.3, 0.4) is 0 Å². The van der Waals surface area contributed by atoms with Crippen LogP contribution in [0.15, 0.2) is 18.2 Å². The molecule has 0 amide bonds. The average molecular weight is 283 g/mol. The van der Waals surface area contributed by atoms with E-state index < -0.39 is 5.60 Å². The summed E-state index contributed by atoms with van der Waals surface area (Å²) < 4.78 is 18.6. The zero-order valence-electron chi connectivity index (χ0n) is 13.0. The Morgan fingerprint density at radius 3 is 2.50 bits per heavy atom. The Hall–Kier alpha value is -1.13. The molecule has 1 rings (SSSR count). The third-order valence-corrected chi connectivity index (χ3v) is 3.31. The smallest absolute Gasteiger partial charge is 0.165 e. The summed E-state index contributed by atoms with van der Waals surface area (Å²) in [5, 5.41) is 13.5. The van der Waals surface area contributed by atoms with Gasteiger partial charge >= 0.3 is 0 Å². The van der Waals surface area contributed by atoms with Crippen LogP contribution in [-0.4, -0.2) is 24.4 Å². The molecule has 1 aromatic rings. The Kier molecular flexibility index (Phi) is 5.96. The summed E-state index contributed by atoms with van der Waals surface area (Å²) in [5.41, 5.74) is 0.0802. The molecule has 0 aliphatic rings. The number of aliphatic hydroxyl groups is 1. The average Bonchev–Trinajstić information content (AvgIpc) is 2.34. The van der Waals surface area contributed by atoms with E-state index in [0.29, 0.717) is 12.5 Å². The fourth-order valence-electron chi connectivity index (χ4n) is 2.39. The van der Waals surface area contributed by atoms with Gasteiger partial charge in [-0.2, -0.15) is 0 Å². The summed E-state index contributed by atoms with van der Waals surface area (Å²) in [4.78, 5) is 0. The third-order valence-electron chi connectivity index (χ3n) is 3.31. The minimum atomic E-state index is -0.757. The van der Waals surface area contributed by atoms with Gasteiger partial charge in [0.1, 0.15) is 0 Å². The standard InChI is InChI=1S/C16H26FNO2/c1-11(2)9-16(4,19)10-18-12(3)13-6-7-15(20-5)14(17)8-13/h6-8,11-12,18-19H,9-10H2,1-5H3. The van der Waals surface area contributed by atoms with Crippen molar-refractivity contribution in [2.45, 2.75) is 45.8 Å². The molecule has 0 fully saturated rings. The van der Waals surface area contributed by atoms with Crippen LogP contribution in [0.4, 0.5) is 4.39 Å². The largest absolute Gasteiger partial charge is 0.494 e. The summed E-state index contributed by atoms with van der Waals surface area (Å²) in [6, 6.07) is 4.88. The molecule has 4 heteroatoms. The number of hydrogen-bond donors (Lipinski definition) is 2. The molecule has 1 aromatic carbocycles. The van der Waals surface area contributed by atoms with E-state index in [1.807, 2.05) is 19.9 Å². The first-order valence-corrected chi connectivity index (χ1v) is 7.04. The zero-order chi connectivity index (χ0) is 15.3. The maximum absolute atomic E-state index is 13.7. The van der Waals surface area contributed by atoms with E-state index in [0.717, 1.165) is 12.0 Å². The summed E-state index contributed by atoms with van der Waals surface area (Å²) in [5.74, 6) is 0.306. The fraction of sp³-hybridized carbons (Fsp3) is 0.625. The van der Waals surface area contributed by atoms with Gasteiger partial charge in [-0.3, -0.25) is 0 Å². The van der Waals surface area contributed by atoms with Crippen molar-refractivity contribution in [3.63, 3.8) is 0 Å². The SMILES string of the molecule is COc1ccc(C(C)NCC(C)(O)CC(C)C)cc1F. The van der Waals surface area contributed by atoms with Crippen LogP contribution >= 0.6 is 0 Å². The van der Waals surface area contributed by atoms with Gasteiger partial charge < -0.3 is 15.2 Å². The second kappa shape index (κ2) is 7.04. The molecule has 0 bridgehead atoms. The van der Waals surface area contributed by atoms with Gasteiger partial charge in [-0.05, 0) is 43.9 Å². The highest BCUT2D eigenvalue weighted by molar-refractivity contribution is 5.30. The van der Waals surface area contributed by atoms with Gasteiger partial charge in [0, 0.05) is 12.6 Å². The molecule has 0 radical (unpaired) electrons. The molecular formula is C16H26FNO2. The van der Waals surface area contributed by atoms with Gasteiger partial charge in [-0.1, -0.05) is 19.9 Å². The lowest BCUT2D eigenvalue weighted by atomic mass is 9.94. The van der Waals surface area contributed by atoms with Gasteiger partial charge in [0.25, 0.3) is 0 Å². The van der Waals surface area contributed by atoms with E-state index in [4.69, 9.17) is 4.74 Å². The molecule has 20 heavy (non-hydrogen) atoms. The van der Waals surface area contributed by atoms with E-state index >= 15 is 0 Å². The molecule has 3 nitrogen and oxygen atoms in total. The number of hydrogen-bond acceptors (Lipinski definition) is 3. The maximum atomic E-state index is 13.7. The summed E-state index contributed by atoms with van der Waals surface area (Å²) in [7, 11) is 1.45. The topological polar surface area (TPSA) is 41.5 Å². The molecule has 0 spiro atoms. The van der Waals surface area contributed by atoms with E-state index in [1.165, 1.54) is 13.2 Å². The van der Waals surface area contributed by atoms with Crippen molar-refractivity contribution in [2.75, 3.05) is 13.7 Å². The lowest BCUT2D eigenvalue weighted by Crippen LogP contribution is -2.39. The maximum Gasteiger partial charge on any atom is 0.165 e. The predicted molar refractivity (Wildman–Crippen MR) is 79.4 cm³/mol. The number of methoxy groups -OCH3 is 1. The minimum absolute atomic E-state index is 0.0333. The number of halogens is 1. The Balaban J connectivity index is 2.63. The predicted octanol–water partition coefficient (Wildman–Crippen LogP) is 3.28. The minimum Gasteiger partial charge on any atom is -0.494 e. The quantitative estimate of drug-likeness (QED) is 0.807. The molecule has 0 saturated carbocycles. The Morgan fingerprint density at radius 2 is 2.00 bits per heavy atom. The second-order valence-corrected chi connectivity index (χ2v) is 6.09. The number of ether oxygens (including phenoxy) is 1. The zero-order valence-corrected chi connectivity index (χ0v) is 13.0. The van der Waals surface area contributed by atoms with Crippen LogP contribution in [0, 0.1) is 11.7 Å². The van der Waals surface area contributed by atoms with Crippen molar-refractivity contribution in [3.05, 3.63) is 29.6 Å². The summed E-state index contributed by atoms with van der Waals surface area (Å²) in [6.07, 6.45) is 0.726. The molecule has 2 N–H and O–H groups in total. The van der Waals surface area contributed by atoms with Crippen LogP contribution < -0.4 is 10.1 Å². The Morgan fingerprint density at radius 1 is 1.35 bits per heavy atom. The number of rotatable bonds is 7. The van der Waals surface area contributed by atoms with Crippen LogP contribution in [0.5, 0.6) is 5.75 Å². The monoisotopic (exact) mass is 283 g/mol. The van der Waals surface area contributed by atoms with Gasteiger partial charge in [-0.25, -0.2) is 4.39 Å². The molecule has 0 aliphatic heterocycles.